The molecule has 7 nitrogen and oxygen atoms in total. The van der Waals surface area contributed by atoms with E-state index in [1.165, 1.54) is 35.8 Å². The van der Waals surface area contributed by atoms with E-state index in [2.05, 4.69) is 15.3 Å². The summed E-state index contributed by atoms with van der Waals surface area (Å²) in [6.07, 6.45) is 3.05. The van der Waals surface area contributed by atoms with Crippen molar-refractivity contribution in [3.8, 4) is 0 Å². The minimum Gasteiger partial charge on any atom is -0.258 e. The van der Waals surface area contributed by atoms with Crippen molar-refractivity contribution in [2.45, 2.75) is 10.9 Å². The summed E-state index contributed by atoms with van der Waals surface area (Å²) in [4.78, 5) is 10.4. The number of nitrogens with zero attached hydrogens (tertiary/aromatic N) is 5. The number of hydrogen-bond donors (Lipinski definition) is 0. The Labute approximate surface area is 142 Å². The molecule has 3 rings (SSSR count). The van der Waals surface area contributed by atoms with Gasteiger partial charge in [0.15, 0.2) is 0 Å². The van der Waals surface area contributed by atoms with Crippen LogP contribution in [0.2, 0.25) is 0 Å². The van der Waals surface area contributed by atoms with E-state index in [-0.39, 0.29) is 5.69 Å². The summed E-state index contributed by atoms with van der Waals surface area (Å²) < 4.78 is 1.55. The highest BCUT2D eigenvalue weighted by molar-refractivity contribution is 7.98. The van der Waals surface area contributed by atoms with E-state index in [0.717, 1.165) is 5.75 Å². The highest BCUT2D eigenvalue weighted by atomic mass is 32.2. The molecule has 0 atom stereocenters. The third-order valence-electron chi connectivity index (χ3n) is 3.12. The SMILES string of the molecule is O=[N+]([O-])c1cccc(/C=N/n2cnnc2SCc2ccccc2)c1. The van der Waals surface area contributed by atoms with Gasteiger partial charge in [0.2, 0.25) is 5.16 Å². The van der Waals surface area contributed by atoms with Gasteiger partial charge in [0.05, 0.1) is 11.1 Å². The van der Waals surface area contributed by atoms with Crippen LogP contribution < -0.4 is 0 Å². The summed E-state index contributed by atoms with van der Waals surface area (Å²) >= 11 is 1.52. The third kappa shape index (κ3) is 4.05. The van der Waals surface area contributed by atoms with Crippen LogP contribution in [0.15, 0.2) is 71.2 Å². The van der Waals surface area contributed by atoms with Gasteiger partial charge in [-0.05, 0) is 5.56 Å². The zero-order chi connectivity index (χ0) is 16.8. The summed E-state index contributed by atoms with van der Waals surface area (Å²) in [7, 11) is 0. The van der Waals surface area contributed by atoms with E-state index < -0.39 is 4.92 Å². The molecular weight excluding hydrogens is 326 g/mol. The first kappa shape index (κ1) is 15.9. The number of rotatable bonds is 6. The Morgan fingerprint density at radius 1 is 1.21 bits per heavy atom. The average molecular weight is 339 g/mol. The maximum absolute atomic E-state index is 10.8. The topological polar surface area (TPSA) is 86.2 Å². The maximum atomic E-state index is 10.8. The predicted molar refractivity (Wildman–Crippen MR) is 92.1 cm³/mol. The molecule has 24 heavy (non-hydrogen) atoms. The number of aromatic nitrogens is 3. The Balaban J connectivity index is 1.71. The lowest BCUT2D eigenvalue weighted by Crippen LogP contribution is -1.94. The number of benzene rings is 2. The minimum absolute atomic E-state index is 0.0291. The number of nitro groups is 1. The Bertz CT molecular complexity index is 864. The van der Waals surface area contributed by atoms with Gasteiger partial charge < -0.3 is 0 Å². The van der Waals surface area contributed by atoms with Crippen LogP contribution in [-0.2, 0) is 5.75 Å². The minimum atomic E-state index is -0.433. The molecule has 0 amide bonds. The van der Waals surface area contributed by atoms with Gasteiger partial charge in [0.1, 0.15) is 6.33 Å². The van der Waals surface area contributed by atoms with Crippen LogP contribution in [-0.4, -0.2) is 26.0 Å². The van der Waals surface area contributed by atoms with Gasteiger partial charge in [-0.2, -0.15) is 9.78 Å². The second-order valence-electron chi connectivity index (χ2n) is 4.83. The summed E-state index contributed by atoms with van der Waals surface area (Å²) in [5.74, 6) is 0.756. The molecule has 0 aliphatic rings. The van der Waals surface area contributed by atoms with Crippen molar-refractivity contribution in [1.82, 2.24) is 14.9 Å². The highest BCUT2D eigenvalue weighted by Gasteiger charge is 2.06. The lowest BCUT2D eigenvalue weighted by atomic mass is 10.2. The van der Waals surface area contributed by atoms with Crippen LogP contribution in [0.25, 0.3) is 0 Å². The van der Waals surface area contributed by atoms with Crippen molar-refractivity contribution in [3.05, 3.63) is 82.2 Å². The smallest absolute Gasteiger partial charge is 0.258 e. The lowest BCUT2D eigenvalue weighted by Gasteiger charge is -2.01. The van der Waals surface area contributed by atoms with Crippen LogP contribution >= 0.6 is 11.8 Å². The van der Waals surface area contributed by atoms with E-state index in [0.29, 0.717) is 10.7 Å². The first-order valence-corrected chi connectivity index (χ1v) is 8.06. The van der Waals surface area contributed by atoms with Crippen LogP contribution in [0, 0.1) is 10.1 Å². The fraction of sp³-hybridized carbons (Fsp3) is 0.0625. The molecule has 0 saturated carbocycles. The molecule has 0 aliphatic heterocycles. The second kappa shape index (κ2) is 7.51. The van der Waals surface area contributed by atoms with Crippen molar-refractivity contribution in [1.29, 1.82) is 0 Å². The Kier molecular flexibility index (Phi) is 4.97. The summed E-state index contributed by atoms with van der Waals surface area (Å²) in [6, 6.07) is 16.3. The molecule has 0 fully saturated rings. The molecule has 2 aromatic carbocycles. The van der Waals surface area contributed by atoms with Gasteiger partial charge in [-0.1, -0.05) is 54.2 Å². The van der Waals surface area contributed by atoms with E-state index in [9.17, 15) is 10.1 Å². The standard InChI is InChI=1S/C16H13N5O2S/c22-21(23)15-8-4-7-14(9-15)10-18-20-12-17-19-16(20)24-11-13-5-2-1-3-6-13/h1-10,12H,11H2/b18-10+. The molecule has 0 unspecified atom stereocenters. The molecule has 0 saturated heterocycles. The first-order chi connectivity index (χ1) is 11.7. The molecule has 3 aromatic rings. The maximum Gasteiger partial charge on any atom is 0.270 e. The van der Waals surface area contributed by atoms with Crippen LogP contribution in [0.4, 0.5) is 5.69 Å². The Hall–Kier alpha value is -3.00. The Morgan fingerprint density at radius 2 is 2.04 bits per heavy atom. The molecular formula is C16H13N5O2S. The molecule has 0 radical (unpaired) electrons. The van der Waals surface area contributed by atoms with E-state index in [1.807, 2.05) is 30.3 Å². The highest BCUT2D eigenvalue weighted by Crippen LogP contribution is 2.20. The predicted octanol–water partition coefficient (Wildman–Crippen LogP) is 3.36. The van der Waals surface area contributed by atoms with Crippen molar-refractivity contribution >= 4 is 23.7 Å². The number of non-ortho nitro benzene ring substituents is 1. The Morgan fingerprint density at radius 3 is 2.83 bits per heavy atom. The molecule has 8 heteroatoms. The quantitative estimate of drug-likeness (QED) is 0.297. The number of thioether (sulfide) groups is 1. The molecule has 0 spiro atoms. The molecule has 120 valence electrons. The second-order valence-corrected chi connectivity index (χ2v) is 5.77. The van der Waals surface area contributed by atoms with Gasteiger partial charge in [-0.25, -0.2) is 0 Å². The molecule has 0 bridgehead atoms. The van der Waals surface area contributed by atoms with E-state index in [1.54, 1.807) is 23.0 Å². The van der Waals surface area contributed by atoms with Crippen LogP contribution in [0.3, 0.4) is 0 Å². The zero-order valence-electron chi connectivity index (χ0n) is 12.5. The largest absolute Gasteiger partial charge is 0.270 e. The third-order valence-corrected chi connectivity index (χ3v) is 4.13. The fourth-order valence-corrected chi connectivity index (χ4v) is 2.78. The summed E-state index contributed by atoms with van der Waals surface area (Å²) in [5.41, 5.74) is 1.85. The monoisotopic (exact) mass is 339 g/mol. The van der Waals surface area contributed by atoms with Gasteiger partial charge in [-0.3, -0.25) is 10.1 Å². The molecule has 0 N–H and O–H groups in total. The summed E-state index contributed by atoms with van der Waals surface area (Å²) in [6.45, 7) is 0. The van der Waals surface area contributed by atoms with Gasteiger partial charge in [0, 0.05) is 23.4 Å². The zero-order valence-corrected chi connectivity index (χ0v) is 13.3. The summed E-state index contributed by atoms with van der Waals surface area (Å²) in [5, 5.41) is 23.6. The van der Waals surface area contributed by atoms with Crippen molar-refractivity contribution in [2.24, 2.45) is 5.10 Å². The van der Waals surface area contributed by atoms with E-state index in [4.69, 9.17) is 0 Å². The van der Waals surface area contributed by atoms with Crippen molar-refractivity contribution in [2.75, 3.05) is 0 Å². The van der Waals surface area contributed by atoms with Gasteiger partial charge >= 0.3 is 0 Å². The van der Waals surface area contributed by atoms with Crippen molar-refractivity contribution in [3.63, 3.8) is 0 Å². The lowest BCUT2D eigenvalue weighted by molar-refractivity contribution is -0.384. The van der Waals surface area contributed by atoms with Gasteiger partial charge in [0.25, 0.3) is 5.69 Å². The fourth-order valence-electron chi connectivity index (χ4n) is 1.96. The average Bonchev–Trinajstić information content (AvgIpc) is 3.07. The number of nitro benzene ring substituents is 1. The number of hydrogen-bond acceptors (Lipinski definition) is 6. The molecule has 0 aliphatic carbocycles. The van der Waals surface area contributed by atoms with Crippen LogP contribution in [0.5, 0.6) is 0 Å². The molecule has 1 heterocycles. The van der Waals surface area contributed by atoms with Crippen LogP contribution in [0.1, 0.15) is 11.1 Å². The van der Waals surface area contributed by atoms with Gasteiger partial charge in [-0.15, -0.1) is 10.2 Å². The normalized spacial score (nSPS) is 11.0. The first-order valence-electron chi connectivity index (χ1n) is 7.08. The van der Waals surface area contributed by atoms with E-state index >= 15 is 0 Å². The van der Waals surface area contributed by atoms with Crippen molar-refractivity contribution < 1.29 is 4.92 Å². The molecule has 1 aromatic heterocycles.